The molecule has 1 N–H and O–H groups in total. The first kappa shape index (κ1) is 13.7. The SMILES string of the molecule is C=C(CNCCC)CN1C(C)CCCC1C. The van der Waals surface area contributed by atoms with Crippen molar-refractivity contribution in [2.24, 2.45) is 0 Å². The Hall–Kier alpha value is -0.340. The second-order valence-electron chi connectivity index (χ2n) is 5.23. The number of piperidine rings is 1. The largest absolute Gasteiger partial charge is 0.313 e. The molecular formula is C14H28N2. The fourth-order valence-corrected chi connectivity index (χ4v) is 2.54. The van der Waals surface area contributed by atoms with Gasteiger partial charge in [0.05, 0.1) is 0 Å². The zero-order valence-electron chi connectivity index (χ0n) is 11.3. The molecule has 0 aromatic heterocycles. The molecule has 0 spiro atoms. The van der Waals surface area contributed by atoms with E-state index in [0.29, 0.717) is 0 Å². The molecule has 1 fully saturated rings. The zero-order chi connectivity index (χ0) is 12.0. The molecule has 1 aliphatic rings. The van der Waals surface area contributed by atoms with Gasteiger partial charge in [0.1, 0.15) is 0 Å². The fourth-order valence-electron chi connectivity index (χ4n) is 2.54. The first-order valence-corrected chi connectivity index (χ1v) is 6.78. The highest BCUT2D eigenvalue weighted by molar-refractivity contribution is 5.01. The summed E-state index contributed by atoms with van der Waals surface area (Å²) in [5, 5.41) is 3.43. The summed E-state index contributed by atoms with van der Waals surface area (Å²) in [4.78, 5) is 2.61. The van der Waals surface area contributed by atoms with Crippen molar-refractivity contribution >= 4 is 0 Å². The Kier molecular flexibility index (Phi) is 6.07. The summed E-state index contributed by atoms with van der Waals surface area (Å²) < 4.78 is 0. The van der Waals surface area contributed by atoms with Crippen molar-refractivity contribution in [1.29, 1.82) is 0 Å². The van der Waals surface area contributed by atoms with Crippen LogP contribution < -0.4 is 5.32 Å². The highest BCUT2D eigenvalue weighted by Gasteiger charge is 2.24. The zero-order valence-corrected chi connectivity index (χ0v) is 11.3. The van der Waals surface area contributed by atoms with Crippen LogP contribution in [0.25, 0.3) is 0 Å². The van der Waals surface area contributed by atoms with Gasteiger partial charge in [-0.05, 0) is 45.2 Å². The quantitative estimate of drug-likeness (QED) is 0.551. The van der Waals surface area contributed by atoms with E-state index in [1.807, 2.05) is 0 Å². The first-order valence-electron chi connectivity index (χ1n) is 6.78. The third-order valence-corrected chi connectivity index (χ3v) is 3.58. The van der Waals surface area contributed by atoms with Gasteiger partial charge in [0.25, 0.3) is 0 Å². The summed E-state index contributed by atoms with van der Waals surface area (Å²) in [6.07, 6.45) is 5.28. The third kappa shape index (κ3) is 4.26. The van der Waals surface area contributed by atoms with Crippen molar-refractivity contribution in [2.45, 2.75) is 58.5 Å². The topological polar surface area (TPSA) is 15.3 Å². The van der Waals surface area contributed by atoms with Crippen molar-refractivity contribution in [3.05, 3.63) is 12.2 Å². The van der Waals surface area contributed by atoms with Crippen LogP contribution in [0.3, 0.4) is 0 Å². The second-order valence-corrected chi connectivity index (χ2v) is 5.23. The summed E-state index contributed by atoms with van der Waals surface area (Å²) in [6, 6.07) is 1.46. The van der Waals surface area contributed by atoms with Gasteiger partial charge in [-0.25, -0.2) is 0 Å². The van der Waals surface area contributed by atoms with Crippen molar-refractivity contribution < 1.29 is 0 Å². The maximum Gasteiger partial charge on any atom is 0.0208 e. The lowest BCUT2D eigenvalue weighted by Gasteiger charge is -2.39. The van der Waals surface area contributed by atoms with E-state index in [1.54, 1.807) is 0 Å². The van der Waals surface area contributed by atoms with Gasteiger partial charge < -0.3 is 5.32 Å². The molecule has 1 heterocycles. The van der Waals surface area contributed by atoms with E-state index in [1.165, 1.54) is 31.3 Å². The maximum atomic E-state index is 4.19. The van der Waals surface area contributed by atoms with Crippen molar-refractivity contribution in [2.75, 3.05) is 19.6 Å². The highest BCUT2D eigenvalue weighted by Crippen LogP contribution is 2.22. The molecule has 0 radical (unpaired) electrons. The van der Waals surface area contributed by atoms with E-state index >= 15 is 0 Å². The first-order chi connectivity index (χ1) is 7.65. The predicted molar refractivity (Wildman–Crippen MR) is 71.8 cm³/mol. The van der Waals surface area contributed by atoms with Crippen molar-refractivity contribution in [1.82, 2.24) is 10.2 Å². The van der Waals surface area contributed by atoms with Gasteiger partial charge in [-0.15, -0.1) is 0 Å². The van der Waals surface area contributed by atoms with Gasteiger partial charge in [0.2, 0.25) is 0 Å². The minimum Gasteiger partial charge on any atom is -0.313 e. The Balaban J connectivity index is 2.30. The Morgan fingerprint density at radius 1 is 1.31 bits per heavy atom. The summed E-state index contributed by atoms with van der Waals surface area (Å²) in [5.41, 5.74) is 1.33. The molecule has 94 valence electrons. The predicted octanol–water partition coefficient (Wildman–Crippen LogP) is 2.81. The van der Waals surface area contributed by atoms with Gasteiger partial charge in [-0.2, -0.15) is 0 Å². The number of nitrogens with one attached hydrogen (secondary N) is 1. The normalized spacial score (nSPS) is 26.9. The van der Waals surface area contributed by atoms with Crippen LogP contribution in [0.2, 0.25) is 0 Å². The van der Waals surface area contributed by atoms with E-state index in [9.17, 15) is 0 Å². The molecule has 2 heteroatoms. The minimum absolute atomic E-state index is 0.728. The van der Waals surface area contributed by atoms with Crippen LogP contribution in [0.5, 0.6) is 0 Å². The summed E-state index contributed by atoms with van der Waals surface area (Å²) in [6.45, 7) is 14.2. The number of nitrogens with zero attached hydrogens (tertiary/aromatic N) is 1. The molecule has 1 rings (SSSR count). The van der Waals surface area contributed by atoms with Crippen LogP contribution in [-0.4, -0.2) is 36.6 Å². The smallest absolute Gasteiger partial charge is 0.0208 e. The standard InChI is InChI=1S/C14H28N2/c1-5-9-15-10-12(2)11-16-13(3)7-6-8-14(16)4/h13-15H,2,5-11H2,1,3-4H3. The monoisotopic (exact) mass is 224 g/mol. The average molecular weight is 224 g/mol. The Morgan fingerprint density at radius 3 is 2.50 bits per heavy atom. The molecule has 0 bridgehead atoms. The Morgan fingerprint density at radius 2 is 1.94 bits per heavy atom. The van der Waals surface area contributed by atoms with Crippen molar-refractivity contribution in [3.63, 3.8) is 0 Å². The summed E-state index contributed by atoms with van der Waals surface area (Å²) in [7, 11) is 0. The number of rotatable bonds is 6. The van der Waals surface area contributed by atoms with Crippen LogP contribution in [0.1, 0.15) is 46.5 Å². The van der Waals surface area contributed by atoms with E-state index in [4.69, 9.17) is 0 Å². The third-order valence-electron chi connectivity index (χ3n) is 3.58. The summed E-state index contributed by atoms with van der Waals surface area (Å²) in [5.74, 6) is 0. The highest BCUT2D eigenvalue weighted by atomic mass is 15.2. The van der Waals surface area contributed by atoms with Gasteiger partial charge in [-0.1, -0.05) is 19.9 Å². The molecular weight excluding hydrogens is 196 g/mol. The lowest BCUT2D eigenvalue weighted by Crippen LogP contribution is -2.45. The molecule has 1 saturated heterocycles. The fraction of sp³-hybridized carbons (Fsp3) is 0.857. The Bertz CT molecular complexity index is 203. The molecule has 2 atom stereocenters. The Labute approximate surface area is 101 Å². The number of hydrogen-bond donors (Lipinski definition) is 1. The van der Waals surface area contributed by atoms with Gasteiger partial charge >= 0.3 is 0 Å². The molecule has 2 unspecified atom stereocenters. The number of likely N-dealkylation sites (tertiary alicyclic amines) is 1. The molecule has 0 saturated carbocycles. The van der Waals surface area contributed by atoms with E-state index in [0.717, 1.165) is 31.7 Å². The van der Waals surface area contributed by atoms with Crippen LogP contribution in [0, 0.1) is 0 Å². The van der Waals surface area contributed by atoms with Crippen LogP contribution >= 0.6 is 0 Å². The molecule has 2 nitrogen and oxygen atoms in total. The van der Waals surface area contributed by atoms with Crippen molar-refractivity contribution in [3.8, 4) is 0 Å². The van der Waals surface area contributed by atoms with Gasteiger partial charge in [0, 0.05) is 25.2 Å². The van der Waals surface area contributed by atoms with Gasteiger partial charge in [-0.3, -0.25) is 4.90 Å². The van der Waals surface area contributed by atoms with E-state index in [2.05, 4.69) is 37.6 Å². The molecule has 0 aromatic rings. The minimum atomic E-state index is 0.728. The van der Waals surface area contributed by atoms with Crippen LogP contribution in [-0.2, 0) is 0 Å². The molecule has 0 amide bonds. The molecule has 16 heavy (non-hydrogen) atoms. The maximum absolute atomic E-state index is 4.19. The van der Waals surface area contributed by atoms with E-state index < -0.39 is 0 Å². The van der Waals surface area contributed by atoms with E-state index in [-0.39, 0.29) is 0 Å². The lowest BCUT2D eigenvalue weighted by atomic mass is 9.97. The molecule has 0 aliphatic carbocycles. The lowest BCUT2D eigenvalue weighted by molar-refractivity contribution is 0.115. The average Bonchev–Trinajstić information content (AvgIpc) is 2.24. The number of hydrogen-bond acceptors (Lipinski definition) is 2. The molecule has 1 aliphatic heterocycles. The second kappa shape index (κ2) is 7.08. The van der Waals surface area contributed by atoms with Gasteiger partial charge in [0.15, 0.2) is 0 Å². The van der Waals surface area contributed by atoms with Crippen LogP contribution in [0.15, 0.2) is 12.2 Å². The summed E-state index contributed by atoms with van der Waals surface area (Å²) >= 11 is 0. The molecule has 0 aromatic carbocycles. The van der Waals surface area contributed by atoms with Crippen LogP contribution in [0.4, 0.5) is 0 Å².